The standard InChI is InChI=1S/C29H31ClN6O3/c1-35-27(12-15-31-35)29(39)34-22-8-11-26(25(30)18-22)32-20-4-6-21(7-5-20)33-28(38)19-2-9-23(10-3-19)36-16-13-24(37)14-17-36/h2-12,18,24,31-32,37H,13-17H2,1H3,(H,33,38)(H,34,39). The lowest BCUT2D eigenvalue weighted by atomic mass is 10.1. The van der Waals surface area contributed by atoms with Crippen molar-refractivity contribution in [2.45, 2.75) is 18.9 Å². The Morgan fingerprint density at radius 1 is 0.897 bits per heavy atom. The van der Waals surface area contributed by atoms with Crippen molar-refractivity contribution in [3.8, 4) is 0 Å². The maximum atomic E-state index is 12.7. The van der Waals surface area contributed by atoms with Crippen molar-refractivity contribution in [1.29, 1.82) is 0 Å². The van der Waals surface area contributed by atoms with Crippen molar-refractivity contribution < 1.29 is 14.7 Å². The number of nitrogens with one attached hydrogen (secondary N) is 4. The zero-order chi connectivity index (χ0) is 27.4. The molecular formula is C29H31ClN6O3. The number of hydrogen-bond acceptors (Lipinski definition) is 7. The average Bonchev–Trinajstić information content (AvgIpc) is 3.38. The van der Waals surface area contributed by atoms with Crippen LogP contribution in [0.5, 0.6) is 0 Å². The first kappa shape index (κ1) is 26.6. The highest BCUT2D eigenvalue weighted by atomic mass is 35.5. The molecule has 9 nitrogen and oxygen atoms in total. The van der Waals surface area contributed by atoms with Gasteiger partial charge < -0.3 is 31.0 Å². The van der Waals surface area contributed by atoms with Gasteiger partial charge in [-0.1, -0.05) is 11.6 Å². The molecule has 0 bridgehead atoms. The number of piperidine rings is 1. The minimum Gasteiger partial charge on any atom is -0.393 e. The first-order chi connectivity index (χ1) is 18.9. The Hall–Kier alpha value is -4.05. The normalized spacial score (nSPS) is 15.6. The number of carbonyl (C=O) groups is 2. The van der Waals surface area contributed by atoms with Gasteiger partial charge in [0.2, 0.25) is 0 Å². The number of aliphatic hydroxyl groups excluding tert-OH is 1. The van der Waals surface area contributed by atoms with Crippen LogP contribution in [0, 0.1) is 0 Å². The van der Waals surface area contributed by atoms with Gasteiger partial charge in [-0.15, -0.1) is 0 Å². The quantitative estimate of drug-likeness (QED) is 0.295. The fraction of sp³-hybridized carbons (Fsp3) is 0.241. The van der Waals surface area contributed by atoms with Gasteiger partial charge in [0.15, 0.2) is 0 Å². The van der Waals surface area contributed by atoms with Crippen LogP contribution < -0.4 is 26.3 Å². The number of aliphatic hydroxyl groups is 1. The Bertz CT molecular complexity index is 1370. The molecule has 39 heavy (non-hydrogen) atoms. The highest BCUT2D eigenvalue weighted by Crippen LogP contribution is 2.29. The smallest absolute Gasteiger partial charge is 0.273 e. The number of amides is 2. The second-order valence-corrected chi connectivity index (χ2v) is 9.99. The summed E-state index contributed by atoms with van der Waals surface area (Å²) in [6.07, 6.45) is 3.12. The maximum Gasteiger partial charge on any atom is 0.273 e. The Labute approximate surface area is 232 Å². The minimum absolute atomic E-state index is 0.188. The first-order valence-electron chi connectivity index (χ1n) is 12.9. The van der Waals surface area contributed by atoms with Crippen molar-refractivity contribution in [3.63, 3.8) is 0 Å². The second kappa shape index (κ2) is 11.8. The van der Waals surface area contributed by atoms with Crippen molar-refractivity contribution in [2.24, 2.45) is 0 Å². The summed E-state index contributed by atoms with van der Waals surface area (Å²) in [6.45, 7) is 2.24. The Morgan fingerprint density at radius 3 is 2.18 bits per heavy atom. The molecule has 0 aliphatic carbocycles. The molecule has 202 valence electrons. The van der Waals surface area contributed by atoms with Crippen LogP contribution >= 0.6 is 11.6 Å². The van der Waals surface area contributed by atoms with Crippen LogP contribution in [-0.4, -0.2) is 54.7 Å². The van der Waals surface area contributed by atoms with Crippen LogP contribution in [0.2, 0.25) is 5.02 Å². The molecule has 0 saturated carbocycles. The molecule has 3 aromatic carbocycles. The molecule has 10 heteroatoms. The lowest BCUT2D eigenvalue weighted by molar-refractivity contribution is -0.114. The summed E-state index contributed by atoms with van der Waals surface area (Å²) in [7, 11) is 1.79. The van der Waals surface area contributed by atoms with Gasteiger partial charge in [0, 0.05) is 55.0 Å². The van der Waals surface area contributed by atoms with Crippen LogP contribution in [0.3, 0.4) is 0 Å². The molecule has 5 N–H and O–H groups in total. The number of hydrogen-bond donors (Lipinski definition) is 5. The van der Waals surface area contributed by atoms with Crippen LogP contribution in [0.4, 0.5) is 28.4 Å². The molecule has 1 fully saturated rings. The molecule has 1 saturated heterocycles. The van der Waals surface area contributed by atoms with Crippen molar-refractivity contribution >= 4 is 51.9 Å². The van der Waals surface area contributed by atoms with Crippen molar-refractivity contribution in [1.82, 2.24) is 10.4 Å². The molecule has 2 heterocycles. The Balaban J connectivity index is 1.15. The van der Waals surface area contributed by atoms with E-state index in [4.69, 9.17) is 11.6 Å². The van der Waals surface area contributed by atoms with Crippen LogP contribution in [-0.2, 0) is 4.79 Å². The number of likely N-dealkylation sites (N-methyl/N-ethyl adjacent to an activating group) is 1. The van der Waals surface area contributed by atoms with Crippen LogP contribution in [0.1, 0.15) is 23.2 Å². The van der Waals surface area contributed by atoms with E-state index >= 15 is 0 Å². The summed E-state index contributed by atoms with van der Waals surface area (Å²) in [5, 5.41) is 20.9. The molecule has 0 radical (unpaired) electrons. The van der Waals surface area contributed by atoms with Crippen LogP contribution in [0.25, 0.3) is 0 Å². The van der Waals surface area contributed by atoms with Gasteiger partial charge in [-0.3, -0.25) is 9.59 Å². The molecule has 5 rings (SSSR count). The van der Waals surface area contributed by atoms with Crippen molar-refractivity contribution in [3.05, 3.63) is 89.1 Å². The zero-order valence-electron chi connectivity index (χ0n) is 21.6. The summed E-state index contributed by atoms with van der Waals surface area (Å²) < 4.78 is 0. The Morgan fingerprint density at radius 2 is 1.54 bits per heavy atom. The van der Waals surface area contributed by atoms with Crippen LogP contribution in [0.15, 0.2) is 78.5 Å². The topological polar surface area (TPSA) is 109 Å². The number of hydrazine groups is 1. The van der Waals surface area contributed by atoms with Gasteiger partial charge in [-0.2, -0.15) is 0 Å². The molecule has 2 aliphatic heterocycles. The van der Waals surface area contributed by atoms with E-state index in [1.165, 1.54) is 0 Å². The third-order valence-electron chi connectivity index (χ3n) is 6.83. The number of rotatable bonds is 7. The van der Waals surface area contributed by atoms with E-state index in [0.29, 0.717) is 39.9 Å². The monoisotopic (exact) mass is 546 g/mol. The molecule has 0 aromatic heterocycles. The highest BCUT2D eigenvalue weighted by Gasteiger charge is 2.19. The maximum absolute atomic E-state index is 12.7. The van der Waals surface area contributed by atoms with E-state index in [1.807, 2.05) is 54.6 Å². The number of halogens is 1. The van der Waals surface area contributed by atoms with E-state index in [-0.39, 0.29) is 17.9 Å². The number of benzene rings is 3. The van der Waals surface area contributed by atoms with Gasteiger partial charge in [-0.05, 0) is 85.6 Å². The summed E-state index contributed by atoms with van der Waals surface area (Å²) in [6, 6.07) is 20.1. The third-order valence-corrected chi connectivity index (χ3v) is 7.14. The lowest BCUT2D eigenvalue weighted by Crippen LogP contribution is -2.35. The summed E-state index contributed by atoms with van der Waals surface area (Å²) in [5.74, 6) is -0.400. The van der Waals surface area contributed by atoms with E-state index in [2.05, 4.69) is 26.3 Å². The fourth-order valence-electron chi connectivity index (χ4n) is 4.58. The third kappa shape index (κ3) is 6.51. The molecule has 2 amide bonds. The average molecular weight is 547 g/mol. The second-order valence-electron chi connectivity index (χ2n) is 9.58. The summed E-state index contributed by atoms with van der Waals surface area (Å²) in [4.78, 5) is 27.4. The number of carbonyl (C=O) groups excluding carboxylic acids is 2. The molecular weight excluding hydrogens is 516 g/mol. The lowest BCUT2D eigenvalue weighted by Gasteiger charge is -2.31. The van der Waals surface area contributed by atoms with E-state index in [0.717, 1.165) is 37.3 Å². The van der Waals surface area contributed by atoms with E-state index < -0.39 is 0 Å². The van der Waals surface area contributed by atoms with E-state index in [9.17, 15) is 14.7 Å². The van der Waals surface area contributed by atoms with Gasteiger partial charge in [0.1, 0.15) is 5.70 Å². The first-order valence-corrected chi connectivity index (χ1v) is 13.2. The molecule has 0 unspecified atom stereocenters. The van der Waals surface area contributed by atoms with Gasteiger partial charge >= 0.3 is 0 Å². The van der Waals surface area contributed by atoms with Gasteiger partial charge in [0.25, 0.3) is 11.8 Å². The summed E-state index contributed by atoms with van der Waals surface area (Å²) in [5.41, 5.74) is 7.97. The molecule has 2 aliphatic rings. The van der Waals surface area contributed by atoms with Gasteiger partial charge in [-0.25, -0.2) is 5.43 Å². The van der Waals surface area contributed by atoms with Crippen molar-refractivity contribution in [2.75, 3.05) is 47.5 Å². The predicted octanol–water partition coefficient (Wildman–Crippen LogP) is 4.57. The Kier molecular flexibility index (Phi) is 8.02. The van der Waals surface area contributed by atoms with E-state index in [1.54, 1.807) is 30.3 Å². The predicted molar refractivity (Wildman–Crippen MR) is 156 cm³/mol. The zero-order valence-corrected chi connectivity index (χ0v) is 22.3. The SMILES string of the molecule is CN1NCC=C1C(=O)Nc1ccc(Nc2ccc(NC(=O)c3ccc(N4CCC(O)CC4)cc3)cc2)c(Cl)c1. The molecule has 0 atom stereocenters. The number of nitrogens with zero attached hydrogens (tertiary/aromatic N) is 2. The number of anilines is 5. The molecule has 3 aromatic rings. The fourth-order valence-corrected chi connectivity index (χ4v) is 4.81. The van der Waals surface area contributed by atoms with Gasteiger partial charge in [0.05, 0.1) is 16.8 Å². The highest BCUT2D eigenvalue weighted by molar-refractivity contribution is 6.33. The largest absolute Gasteiger partial charge is 0.393 e. The minimum atomic E-state index is -0.218. The summed E-state index contributed by atoms with van der Waals surface area (Å²) >= 11 is 6.46. The molecule has 0 spiro atoms.